The van der Waals surface area contributed by atoms with E-state index in [1.54, 1.807) is 12.1 Å². The first-order chi connectivity index (χ1) is 9.85. The van der Waals surface area contributed by atoms with Crippen LogP contribution in [0.3, 0.4) is 0 Å². The maximum Gasteiger partial charge on any atom is 0.225 e. The largest absolute Gasteiger partial charge is 0.486 e. The molecule has 0 saturated heterocycles. The molecule has 0 fully saturated rings. The summed E-state index contributed by atoms with van der Waals surface area (Å²) in [6.07, 6.45) is 0.377. The van der Waals surface area contributed by atoms with Gasteiger partial charge in [0, 0.05) is 30.6 Å². The zero-order valence-corrected chi connectivity index (χ0v) is 13.3. The second-order valence-electron chi connectivity index (χ2n) is 5.95. The molecular formula is C15H21ClN2O3. The van der Waals surface area contributed by atoms with Crippen LogP contribution in [0.15, 0.2) is 12.1 Å². The summed E-state index contributed by atoms with van der Waals surface area (Å²) >= 11 is 6.15. The molecular weight excluding hydrogens is 292 g/mol. The summed E-state index contributed by atoms with van der Waals surface area (Å²) in [7, 11) is 0. The van der Waals surface area contributed by atoms with Crippen molar-refractivity contribution in [3.8, 4) is 11.5 Å². The second kappa shape index (κ2) is 6.54. The molecule has 116 valence electrons. The van der Waals surface area contributed by atoms with Crippen molar-refractivity contribution in [3.05, 3.63) is 17.2 Å². The molecule has 0 atom stereocenters. The van der Waals surface area contributed by atoms with Gasteiger partial charge in [-0.05, 0) is 20.8 Å². The highest BCUT2D eigenvalue weighted by molar-refractivity contribution is 6.34. The second-order valence-corrected chi connectivity index (χ2v) is 6.36. The van der Waals surface area contributed by atoms with Crippen molar-refractivity contribution in [1.29, 1.82) is 0 Å². The molecule has 21 heavy (non-hydrogen) atoms. The average molecular weight is 313 g/mol. The number of anilines is 1. The van der Waals surface area contributed by atoms with Crippen molar-refractivity contribution >= 4 is 23.2 Å². The van der Waals surface area contributed by atoms with E-state index in [4.69, 9.17) is 21.1 Å². The molecule has 1 aromatic carbocycles. The normalized spacial score (nSPS) is 13.9. The Morgan fingerprint density at radius 2 is 1.86 bits per heavy atom. The Labute approximate surface area is 130 Å². The van der Waals surface area contributed by atoms with Crippen LogP contribution < -0.4 is 20.1 Å². The first-order valence-corrected chi connectivity index (χ1v) is 7.37. The fourth-order valence-electron chi connectivity index (χ4n) is 1.92. The molecule has 1 aliphatic rings. The number of hydrogen-bond acceptors (Lipinski definition) is 4. The summed E-state index contributed by atoms with van der Waals surface area (Å²) in [5.74, 6) is 1.12. The molecule has 5 nitrogen and oxygen atoms in total. The number of hydrogen-bond donors (Lipinski definition) is 2. The fraction of sp³-hybridized carbons (Fsp3) is 0.533. The number of ether oxygens (including phenoxy) is 2. The lowest BCUT2D eigenvalue weighted by atomic mass is 10.1. The maximum atomic E-state index is 11.9. The topological polar surface area (TPSA) is 59.6 Å². The van der Waals surface area contributed by atoms with Crippen molar-refractivity contribution in [3.63, 3.8) is 0 Å². The molecule has 2 rings (SSSR count). The van der Waals surface area contributed by atoms with E-state index in [2.05, 4.69) is 31.4 Å². The lowest BCUT2D eigenvalue weighted by Gasteiger charge is -2.21. The molecule has 2 N–H and O–H groups in total. The first-order valence-electron chi connectivity index (χ1n) is 6.99. The number of fused-ring (bicyclic) bond motifs is 1. The summed E-state index contributed by atoms with van der Waals surface area (Å²) in [6.45, 7) is 7.79. The van der Waals surface area contributed by atoms with Gasteiger partial charge in [0.1, 0.15) is 13.2 Å². The number of halogens is 1. The third kappa shape index (κ3) is 4.79. The zero-order valence-electron chi connectivity index (χ0n) is 12.6. The lowest BCUT2D eigenvalue weighted by Crippen LogP contribution is -2.37. The summed E-state index contributed by atoms with van der Waals surface area (Å²) < 4.78 is 10.9. The van der Waals surface area contributed by atoms with Gasteiger partial charge in [-0.1, -0.05) is 11.6 Å². The van der Waals surface area contributed by atoms with Gasteiger partial charge in [0.25, 0.3) is 0 Å². The Morgan fingerprint density at radius 1 is 1.24 bits per heavy atom. The highest BCUT2D eigenvalue weighted by atomic mass is 35.5. The van der Waals surface area contributed by atoms with Gasteiger partial charge in [0.2, 0.25) is 5.91 Å². The highest BCUT2D eigenvalue weighted by Gasteiger charge is 2.16. The molecule has 0 radical (unpaired) electrons. The first kappa shape index (κ1) is 15.9. The third-order valence-electron chi connectivity index (χ3n) is 2.91. The Balaban J connectivity index is 1.94. The van der Waals surface area contributed by atoms with Crippen LogP contribution in [0.25, 0.3) is 0 Å². The maximum absolute atomic E-state index is 11.9. The quantitative estimate of drug-likeness (QED) is 0.897. The average Bonchev–Trinajstić information content (AvgIpc) is 2.38. The summed E-state index contributed by atoms with van der Waals surface area (Å²) in [5, 5.41) is 6.51. The SMILES string of the molecule is CC(C)(C)NCCC(=O)Nc1cc2c(cc1Cl)OCCO2. The van der Waals surface area contributed by atoms with Crippen molar-refractivity contribution in [1.82, 2.24) is 5.32 Å². The van der Waals surface area contributed by atoms with Gasteiger partial charge < -0.3 is 20.1 Å². The van der Waals surface area contributed by atoms with Crippen molar-refractivity contribution in [2.45, 2.75) is 32.7 Å². The minimum atomic E-state index is -0.0923. The van der Waals surface area contributed by atoms with E-state index in [0.29, 0.717) is 48.4 Å². The van der Waals surface area contributed by atoms with E-state index >= 15 is 0 Å². The van der Waals surface area contributed by atoms with E-state index in [1.807, 2.05) is 0 Å². The van der Waals surface area contributed by atoms with Gasteiger partial charge in [0.05, 0.1) is 10.7 Å². The molecule has 1 aliphatic heterocycles. The summed E-state index contributed by atoms with van der Waals surface area (Å²) in [4.78, 5) is 11.9. The zero-order chi connectivity index (χ0) is 15.5. The van der Waals surface area contributed by atoms with Crippen LogP contribution in [-0.2, 0) is 4.79 Å². The molecule has 0 saturated carbocycles. The van der Waals surface area contributed by atoms with Gasteiger partial charge in [-0.2, -0.15) is 0 Å². The van der Waals surface area contributed by atoms with Gasteiger partial charge in [-0.25, -0.2) is 0 Å². The molecule has 6 heteroatoms. The van der Waals surface area contributed by atoms with Crippen LogP contribution in [0.4, 0.5) is 5.69 Å². The number of amides is 1. The third-order valence-corrected chi connectivity index (χ3v) is 3.23. The molecule has 0 aliphatic carbocycles. The van der Waals surface area contributed by atoms with Gasteiger partial charge >= 0.3 is 0 Å². The van der Waals surface area contributed by atoms with Gasteiger partial charge in [-0.15, -0.1) is 0 Å². The Kier molecular flexibility index (Phi) is 4.96. The lowest BCUT2D eigenvalue weighted by molar-refractivity contribution is -0.116. The minimum absolute atomic E-state index is 0.00504. The van der Waals surface area contributed by atoms with Crippen molar-refractivity contribution in [2.24, 2.45) is 0 Å². The molecule has 0 aromatic heterocycles. The van der Waals surface area contributed by atoms with Crippen LogP contribution >= 0.6 is 11.6 Å². The molecule has 1 amide bonds. The monoisotopic (exact) mass is 312 g/mol. The summed E-state index contributed by atoms with van der Waals surface area (Å²) in [5.41, 5.74) is 0.538. The molecule has 1 heterocycles. The molecule has 0 unspecified atom stereocenters. The number of nitrogens with one attached hydrogen (secondary N) is 2. The summed E-state index contributed by atoms with van der Waals surface area (Å²) in [6, 6.07) is 3.37. The standard InChI is InChI=1S/C15H21ClN2O3/c1-15(2,3)17-5-4-14(19)18-11-9-13-12(8-10(11)16)20-6-7-21-13/h8-9,17H,4-7H2,1-3H3,(H,18,19). The smallest absolute Gasteiger partial charge is 0.225 e. The highest BCUT2D eigenvalue weighted by Crippen LogP contribution is 2.37. The molecule has 0 spiro atoms. The van der Waals surface area contributed by atoms with Crippen LogP contribution in [0.5, 0.6) is 11.5 Å². The van der Waals surface area contributed by atoms with Crippen LogP contribution in [0.1, 0.15) is 27.2 Å². The Morgan fingerprint density at radius 3 is 2.48 bits per heavy atom. The fourth-order valence-corrected chi connectivity index (χ4v) is 2.12. The van der Waals surface area contributed by atoms with Crippen LogP contribution in [0.2, 0.25) is 5.02 Å². The van der Waals surface area contributed by atoms with Crippen molar-refractivity contribution in [2.75, 3.05) is 25.1 Å². The van der Waals surface area contributed by atoms with E-state index in [9.17, 15) is 4.79 Å². The van der Waals surface area contributed by atoms with Gasteiger partial charge in [-0.3, -0.25) is 4.79 Å². The Bertz CT molecular complexity index is 526. The number of carbonyl (C=O) groups excluding carboxylic acids is 1. The molecule has 1 aromatic rings. The van der Waals surface area contributed by atoms with Crippen molar-refractivity contribution < 1.29 is 14.3 Å². The van der Waals surface area contributed by atoms with Crippen LogP contribution in [0, 0.1) is 0 Å². The van der Waals surface area contributed by atoms with E-state index in [-0.39, 0.29) is 11.4 Å². The predicted octanol–water partition coefficient (Wildman–Crippen LogP) is 2.83. The number of carbonyl (C=O) groups is 1. The minimum Gasteiger partial charge on any atom is -0.486 e. The Hall–Kier alpha value is -1.46. The predicted molar refractivity (Wildman–Crippen MR) is 83.4 cm³/mol. The van der Waals surface area contributed by atoms with E-state index in [0.717, 1.165) is 0 Å². The number of benzene rings is 1. The van der Waals surface area contributed by atoms with E-state index in [1.165, 1.54) is 0 Å². The van der Waals surface area contributed by atoms with Gasteiger partial charge in [0.15, 0.2) is 11.5 Å². The molecule has 0 bridgehead atoms. The van der Waals surface area contributed by atoms with E-state index < -0.39 is 0 Å². The number of rotatable bonds is 4. The van der Waals surface area contributed by atoms with Crippen LogP contribution in [-0.4, -0.2) is 31.2 Å².